The minimum absolute atomic E-state index is 0.503. The fourth-order valence-electron chi connectivity index (χ4n) is 1.34. The molecule has 0 amide bonds. The van der Waals surface area contributed by atoms with Crippen molar-refractivity contribution in [3.8, 4) is 16.6 Å². The lowest BCUT2D eigenvalue weighted by atomic mass is 10.2. The van der Waals surface area contributed by atoms with E-state index in [-0.39, 0.29) is 0 Å². The maximum atomic E-state index is 8.76. The van der Waals surface area contributed by atoms with E-state index >= 15 is 0 Å². The third kappa shape index (κ3) is 1.84. The number of hydrogen-bond donors (Lipinski definition) is 1. The van der Waals surface area contributed by atoms with Gasteiger partial charge in [0.2, 0.25) is 0 Å². The van der Waals surface area contributed by atoms with Gasteiger partial charge in [-0.2, -0.15) is 5.26 Å². The van der Waals surface area contributed by atoms with Gasteiger partial charge in [-0.25, -0.2) is 0 Å². The van der Waals surface area contributed by atoms with Gasteiger partial charge in [0.1, 0.15) is 10.7 Å². The number of rotatable bonds is 1. The molecule has 2 nitrogen and oxygen atoms in total. The van der Waals surface area contributed by atoms with Crippen molar-refractivity contribution < 1.29 is 0 Å². The van der Waals surface area contributed by atoms with E-state index in [2.05, 4.69) is 24.0 Å². The molecule has 0 radical (unpaired) electrons. The van der Waals surface area contributed by atoms with E-state index in [0.717, 1.165) is 5.69 Å². The number of thiophene rings is 1. The summed E-state index contributed by atoms with van der Waals surface area (Å²) in [6.07, 6.45) is 0. The largest absolute Gasteiger partial charge is 0.344 e. The highest BCUT2D eigenvalue weighted by Crippen LogP contribution is 2.27. The standard InChI is InChI=1S/C11H8N2S2/c1-7-4-5-15-10(7)9-3-2-8(6-12)11(14)13-9/h2-5H,1H3,(H,13,14). The van der Waals surface area contributed by atoms with Crippen LogP contribution in [-0.2, 0) is 0 Å². The quantitative estimate of drug-likeness (QED) is 0.762. The molecule has 0 aliphatic carbocycles. The molecule has 0 atom stereocenters. The third-order valence-electron chi connectivity index (χ3n) is 2.14. The summed E-state index contributed by atoms with van der Waals surface area (Å²) in [5.41, 5.74) is 2.71. The Hall–Kier alpha value is -1.44. The van der Waals surface area contributed by atoms with Gasteiger partial charge in [-0.15, -0.1) is 11.3 Å². The molecule has 15 heavy (non-hydrogen) atoms. The van der Waals surface area contributed by atoms with Crippen LogP contribution in [0.1, 0.15) is 11.1 Å². The minimum Gasteiger partial charge on any atom is -0.344 e. The van der Waals surface area contributed by atoms with E-state index in [1.54, 1.807) is 17.4 Å². The fourth-order valence-corrected chi connectivity index (χ4v) is 2.47. The van der Waals surface area contributed by atoms with Gasteiger partial charge in [0.15, 0.2) is 0 Å². The van der Waals surface area contributed by atoms with Gasteiger partial charge in [-0.1, -0.05) is 12.2 Å². The highest BCUT2D eigenvalue weighted by atomic mass is 32.1. The fraction of sp³-hybridized carbons (Fsp3) is 0.0909. The van der Waals surface area contributed by atoms with Gasteiger partial charge in [0.05, 0.1) is 16.1 Å². The van der Waals surface area contributed by atoms with Crippen LogP contribution < -0.4 is 0 Å². The van der Waals surface area contributed by atoms with Crippen LogP contribution in [0, 0.1) is 22.9 Å². The lowest BCUT2D eigenvalue weighted by molar-refractivity contribution is 1.27. The zero-order valence-corrected chi connectivity index (χ0v) is 9.71. The van der Waals surface area contributed by atoms with Gasteiger partial charge < -0.3 is 4.98 Å². The first-order valence-electron chi connectivity index (χ1n) is 4.40. The molecule has 0 unspecified atom stereocenters. The van der Waals surface area contributed by atoms with Gasteiger partial charge in [-0.3, -0.25) is 0 Å². The van der Waals surface area contributed by atoms with Gasteiger partial charge in [0, 0.05) is 0 Å². The maximum absolute atomic E-state index is 8.76. The van der Waals surface area contributed by atoms with E-state index in [0.29, 0.717) is 10.2 Å². The van der Waals surface area contributed by atoms with Crippen molar-refractivity contribution in [3.05, 3.63) is 39.3 Å². The van der Waals surface area contributed by atoms with E-state index in [4.69, 9.17) is 17.5 Å². The topological polar surface area (TPSA) is 39.6 Å². The Labute approximate surface area is 96.8 Å². The smallest absolute Gasteiger partial charge is 0.121 e. The Bertz CT molecular complexity index is 587. The number of pyridine rings is 1. The normalized spacial score (nSPS) is 9.87. The van der Waals surface area contributed by atoms with Crippen molar-refractivity contribution in [1.82, 2.24) is 4.98 Å². The number of nitrogens with zero attached hydrogens (tertiary/aromatic N) is 1. The Morgan fingerprint density at radius 2 is 2.20 bits per heavy atom. The monoisotopic (exact) mass is 232 g/mol. The average Bonchev–Trinajstić information content (AvgIpc) is 2.64. The number of nitrogens with one attached hydrogen (secondary N) is 1. The van der Waals surface area contributed by atoms with Crippen molar-refractivity contribution in [2.45, 2.75) is 6.92 Å². The molecule has 4 heteroatoms. The number of aromatic nitrogens is 1. The molecule has 2 aromatic rings. The van der Waals surface area contributed by atoms with Crippen LogP contribution >= 0.6 is 23.6 Å². The molecule has 1 N–H and O–H groups in total. The second-order valence-electron chi connectivity index (χ2n) is 3.16. The van der Waals surface area contributed by atoms with Crippen molar-refractivity contribution in [3.63, 3.8) is 0 Å². The predicted molar refractivity (Wildman–Crippen MR) is 64.4 cm³/mol. The second-order valence-corrected chi connectivity index (χ2v) is 4.48. The number of H-pyrrole nitrogens is 1. The first kappa shape index (κ1) is 10.1. The van der Waals surface area contributed by atoms with Crippen LogP contribution in [0.2, 0.25) is 0 Å². The summed E-state index contributed by atoms with van der Waals surface area (Å²) in [7, 11) is 0. The van der Waals surface area contributed by atoms with Crippen LogP contribution in [0.4, 0.5) is 0 Å². The van der Waals surface area contributed by atoms with E-state index in [1.165, 1.54) is 10.4 Å². The molecule has 0 spiro atoms. The molecule has 2 heterocycles. The number of aryl methyl sites for hydroxylation is 1. The molecular weight excluding hydrogens is 224 g/mol. The van der Waals surface area contributed by atoms with E-state index < -0.39 is 0 Å². The summed E-state index contributed by atoms with van der Waals surface area (Å²) >= 11 is 6.75. The van der Waals surface area contributed by atoms with Crippen molar-refractivity contribution in [2.75, 3.05) is 0 Å². The second kappa shape index (κ2) is 3.97. The summed E-state index contributed by atoms with van der Waals surface area (Å²) in [6.45, 7) is 2.06. The number of nitriles is 1. The van der Waals surface area contributed by atoms with E-state index in [1.807, 2.05) is 11.4 Å². The lowest BCUT2D eigenvalue weighted by Crippen LogP contribution is -1.86. The molecule has 0 aliphatic heterocycles. The molecule has 0 aromatic carbocycles. The van der Waals surface area contributed by atoms with Crippen molar-refractivity contribution >= 4 is 23.6 Å². The summed E-state index contributed by atoms with van der Waals surface area (Å²) in [5, 5.41) is 10.8. The van der Waals surface area contributed by atoms with Crippen molar-refractivity contribution in [1.29, 1.82) is 5.26 Å². The SMILES string of the molecule is Cc1ccsc1-c1ccc(C#N)c(=S)[nH]1. The highest BCUT2D eigenvalue weighted by Gasteiger charge is 2.04. The zero-order valence-electron chi connectivity index (χ0n) is 8.07. The summed E-state index contributed by atoms with van der Waals surface area (Å²) in [4.78, 5) is 4.24. The molecule has 2 aromatic heterocycles. The molecule has 0 bridgehead atoms. The Kier molecular flexibility index (Phi) is 2.67. The predicted octanol–water partition coefficient (Wildman–Crippen LogP) is 3.65. The first-order chi connectivity index (χ1) is 7.22. The first-order valence-corrected chi connectivity index (χ1v) is 5.69. The van der Waals surface area contributed by atoms with Crippen LogP contribution in [-0.4, -0.2) is 4.98 Å². The van der Waals surface area contributed by atoms with Crippen molar-refractivity contribution in [2.24, 2.45) is 0 Å². The maximum Gasteiger partial charge on any atom is 0.121 e. The minimum atomic E-state index is 0.503. The molecule has 0 fully saturated rings. The summed E-state index contributed by atoms with van der Waals surface area (Å²) in [6, 6.07) is 7.77. The van der Waals surface area contributed by atoms with Gasteiger partial charge in [0.25, 0.3) is 0 Å². The van der Waals surface area contributed by atoms with Gasteiger partial charge in [-0.05, 0) is 36.1 Å². The summed E-state index contributed by atoms with van der Waals surface area (Å²) < 4.78 is 0.503. The van der Waals surface area contributed by atoms with Crippen LogP contribution in [0.5, 0.6) is 0 Å². The molecule has 0 saturated carbocycles. The molecular formula is C11H8N2S2. The van der Waals surface area contributed by atoms with Crippen LogP contribution in [0.25, 0.3) is 10.6 Å². The van der Waals surface area contributed by atoms with E-state index in [9.17, 15) is 0 Å². The molecule has 0 aliphatic rings. The third-order valence-corrected chi connectivity index (χ3v) is 3.51. The van der Waals surface area contributed by atoms with Gasteiger partial charge >= 0.3 is 0 Å². The van der Waals surface area contributed by atoms with Crippen LogP contribution in [0.15, 0.2) is 23.6 Å². The van der Waals surface area contributed by atoms with Crippen LogP contribution in [0.3, 0.4) is 0 Å². The number of aromatic amines is 1. The Morgan fingerprint density at radius 1 is 1.40 bits per heavy atom. The zero-order chi connectivity index (χ0) is 10.8. The number of hydrogen-bond acceptors (Lipinski definition) is 3. The summed E-state index contributed by atoms with van der Waals surface area (Å²) in [5.74, 6) is 0. The lowest BCUT2D eigenvalue weighted by Gasteiger charge is -2.00. The molecule has 2 rings (SSSR count). The molecule has 74 valence electrons. The average molecular weight is 232 g/mol. The Morgan fingerprint density at radius 3 is 2.73 bits per heavy atom. The highest BCUT2D eigenvalue weighted by molar-refractivity contribution is 7.71. The molecule has 0 saturated heterocycles. The Balaban J connectivity index is 2.58.